The SMILES string of the molecule is O=C(c1ccc(-c2ccsc2)cc1)N1Cc2cccnc2C1. The van der Waals surface area contributed by atoms with Gasteiger partial charge in [0.1, 0.15) is 0 Å². The van der Waals surface area contributed by atoms with Crippen LogP contribution in [0.4, 0.5) is 0 Å². The first kappa shape index (κ1) is 13.2. The molecule has 1 amide bonds. The summed E-state index contributed by atoms with van der Waals surface area (Å²) in [6.45, 7) is 1.25. The molecule has 2 aromatic heterocycles. The molecule has 0 spiro atoms. The van der Waals surface area contributed by atoms with Crippen molar-refractivity contribution in [1.29, 1.82) is 0 Å². The van der Waals surface area contributed by atoms with Crippen LogP contribution in [0.5, 0.6) is 0 Å². The molecule has 108 valence electrons. The van der Waals surface area contributed by atoms with Crippen LogP contribution in [-0.4, -0.2) is 15.8 Å². The number of nitrogens with zero attached hydrogens (tertiary/aromatic N) is 2. The van der Waals surface area contributed by atoms with Crippen molar-refractivity contribution in [3.63, 3.8) is 0 Å². The Labute approximate surface area is 132 Å². The Kier molecular flexibility index (Phi) is 3.24. The molecule has 0 aliphatic carbocycles. The average Bonchev–Trinajstić information content (AvgIpc) is 3.23. The van der Waals surface area contributed by atoms with E-state index in [1.54, 1.807) is 17.5 Å². The van der Waals surface area contributed by atoms with Crippen molar-refractivity contribution in [1.82, 2.24) is 9.88 Å². The molecule has 4 rings (SSSR count). The van der Waals surface area contributed by atoms with Gasteiger partial charge < -0.3 is 4.90 Å². The van der Waals surface area contributed by atoms with Crippen LogP contribution in [0.2, 0.25) is 0 Å². The zero-order valence-corrected chi connectivity index (χ0v) is 12.7. The standard InChI is InChI=1S/C18H14N2OS/c21-18(20-10-15-2-1-8-19-17(15)11-20)14-5-3-13(4-6-14)16-7-9-22-12-16/h1-9,12H,10-11H2. The number of hydrogen-bond donors (Lipinski definition) is 0. The zero-order valence-electron chi connectivity index (χ0n) is 11.9. The lowest BCUT2D eigenvalue weighted by Gasteiger charge is -2.15. The van der Waals surface area contributed by atoms with Gasteiger partial charge in [0.2, 0.25) is 0 Å². The predicted octanol–water partition coefficient (Wildman–Crippen LogP) is 3.97. The topological polar surface area (TPSA) is 33.2 Å². The van der Waals surface area contributed by atoms with Gasteiger partial charge in [0.05, 0.1) is 12.2 Å². The zero-order chi connectivity index (χ0) is 14.9. The van der Waals surface area contributed by atoms with E-state index in [4.69, 9.17) is 0 Å². The summed E-state index contributed by atoms with van der Waals surface area (Å²) in [6, 6.07) is 13.9. The Balaban J connectivity index is 1.54. The van der Waals surface area contributed by atoms with Crippen molar-refractivity contribution >= 4 is 17.2 Å². The van der Waals surface area contributed by atoms with Crippen LogP contribution in [0.3, 0.4) is 0 Å². The van der Waals surface area contributed by atoms with Crippen LogP contribution < -0.4 is 0 Å². The fourth-order valence-electron chi connectivity index (χ4n) is 2.76. The Morgan fingerprint density at radius 1 is 1.05 bits per heavy atom. The first-order valence-electron chi connectivity index (χ1n) is 7.16. The van der Waals surface area contributed by atoms with Crippen molar-refractivity contribution in [3.05, 3.63) is 76.2 Å². The minimum atomic E-state index is 0.0647. The first-order valence-corrected chi connectivity index (χ1v) is 8.10. The highest BCUT2D eigenvalue weighted by Crippen LogP contribution is 2.25. The minimum Gasteiger partial charge on any atom is -0.328 e. The molecule has 0 unspecified atom stereocenters. The maximum Gasteiger partial charge on any atom is 0.254 e. The highest BCUT2D eigenvalue weighted by Gasteiger charge is 2.24. The van der Waals surface area contributed by atoms with E-state index in [1.807, 2.05) is 41.3 Å². The number of hydrogen-bond acceptors (Lipinski definition) is 3. The van der Waals surface area contributed by atoms with Crippen LogP contribution in [0.15, 0.2) is 59.4 Å². The van der Waals surface area contributed by atoms with E-state index >= 15 is 0 Å². The van der Waals surface area contributed by atoms with Crippen LogP contribution in [0.1, 0.15) is 21.6 Å². The van der Waals surface area contributed by atoms with E-state index in [9.17, 15) is 4.79 Å². The third kappa shape index (κ3) is 2.31. The molecule has 4 heteroatoms. The fourth-order valence-corrected chi connectivity index (χ4v) is 3.43. The number of amides is 1. The van der Waals surface area contributed by atoms with Crippen molar-refractivity contribution in [2.75, 3.05) is 0 Å². The lowest BCUT2D eigenvalue weighted by atomic mass is 10.1. The van der Waals surface area contributed by atoms with Crippen molar-refractivity contribution in [2.24, 2.45) is 0 Å². The van der Waals surface area contributed by atoms with E-state index in [0.717, 1.165) is 22.4 Å². The van der Waals surface area contributed by atoms with Crippen LogP contribution in [-0.2, 0) is 13.1 Å². The monoisotopic (exact) mass is 306 g/mol. The molecular formula is C18H14N2OS. The number of rotatable bonds is 2. The molecule has 0 saturated carbocycles. The number of fused-ring (bicyclic) bond motifs is 1. The molecule has 3 nitrogen and oxygen atoms in total. The number of benzene rings is 1. The maximum absolute atomic E-state index is 12.6. The molecule has 0 N–H and O–H groups in total. The molecule has 0 radical (unpaired) electrons. The molecule has 0 saturated heterocycles. The van der Waals surface area contributed by atoms with Gasteiger partial charge in [-0.15, -0.1) is 0 Å². The second kappa shape index (κ2) is 5.39. The summed E-state index contributed by atoms with van der Waals surface area (Å²) in [4.78, 5) is 18.8. The summed E-state index contributed by atoms with van der Waals surface area (Å²) in [6.07, 6.45) is 1.78. The van der Waals surface area contributed by atoms with Gasteiger partial charge in [-0.25, -0.2) is 0 Å². The molecule has 22 heavy (non-hydrogen) atoms. The molecular weight excluding hydrogens is 292 g/mol. The largest absolute Gasteiger partial charge is 0.328 e. The summed E-state index contributed by atoms with van der Waals surface area (Å²) < 4.78 is 0. The summed E-state index contributed by atoms with van der Waals surface area (Å²) >= 11 is 1.68. The number of carbonyl (C=O) groups is 1. The molecule has 1 aromatic carbocycles. The number of aromatic nitrogens is 1. The summed E-state index contributed by atoms with van der Waals surface area (Å²) in [7, 11) is 0. The lowest BCUT2D eigenvalue weighted by Crippen LogP contribution is -2.25. The van der Waals surface area contributed by atoms with Gasteiger partial charge in [-0.2, -0.15) is 11.3 Å². The van der Waals surface area contributed by atoms with Gasteiger partial charge in [0.15, 0.2) is 0 Å². The van der Waals surface area contributed by atoms with Gasteiger partial charge in [-0.05, 0) is 51.7 Å². The third-order valence-corrected chi connectivity index (χ3v) is 4.64. The van der Waals surface area contributed by atoms with Crippen molar-refractivity contribution < 1.29 is 4.79 Å². The van der Waals surface area contributed by atoms with E-state index in [1.165, 1.54) is 5.56 Å². The second-order valence-corrected chi connectivity index (χ2v) is 6.14. The van der Waals surface area contributed by atoms with E-state index < -0.39 is 0 Å². The highest BCUT2D eigenvalue weighted by molar-refractivity contribution is 7.08. The molecule has 3 aromatic rings. The smallest absolute Gasteiger partial charge is 0.254 e. The minimum absolute atomic E-state index is 0.0647. The Hall–Kier alpha value is -2.46. The van der Waals surface area contributed by atoms with Gasteiger partial charge in [-0.3, -0.25) is 9.78 Å². The fraction of sp³-hybridized carbons (Fsp3) is 0.111. The number of pyridine rings is 1. The van der Waals surface area contributed by atoms with Gasteiger partial charge in [0.25, 0.3) is 5.91 Å². The van der Waals surface area contributed by atoms with E-state index in [0.29, 0.717) is 13.1 Å². The Morgan fingerprint density at radius 3 is 2.64 bits per heavy atom. The van der Waals surface area contributed by atoms with Gasteiger partial charge in [0, 0.05) is 18.3 Å². The van der Waals surface area contributed by atoms with Crippen LogP contribution in [0, 0.1) is 0 Å². The Morgan fingerprint density at radius 2 is 1.91 bits per heavy atom. The molecule has 0 fully saturated rings. The van der Waals surface area contributed by atoms with Crippen molar-refractivity contribution in [2.45, 2.75) is 13.1 Å². The summed E-state index contributed by atoms with van der Waals surface area (Å²) in [5.74, 6) is 0.0647. The Bertz CT molecular complexity index is 784. The molecule has 0 bridgehead atoms. The quantitative estimate of drug-likeness (QED) is 0.718. The van der Waals surface area contributed by atoms with Crippen LogP contribution in [0.25, 0.3) is 11.1 Å². The van der Waals surface area contributed by atoms with E-state index in [2.05, 4.69) is 21.8 Å². The molecule has 1 aliphatic heterocycles. The lowest BCUT2D eigenvalue weighted by molar-refractivity contribution is 0.0750. The van der Waals surface area contributed by atoms with E-state index in [-0.39, 0.29) is 5.91 Å². The number of thiophene rings is 1. The normalized spacial score (nSPS) is 13.2. The summed E-state index contributed by atoms with van der Waals surface area (Å²) in [5, 5.41) is 4.17. The molecule has 3 heterocycles. The van der Waals surface area contributed by atoms with Crippen molar-refractivity contribution in [3.8, 4) is 11.1 Å². The molecule has 1 aliphatic rings. The predicted molar refractivity (Wildman–Crippen MR) is 87.6 cm³/mol. The van der Waals surface area contributed by atoms with Gasteiger partial charge >= 0.3 is 0 Å². The van der Waals surface area contributed by atoms with Crippen LogP contribution >= 0.6 is 11.3 Å². The highest BCUT2D eigenvalue weighted by atomic mass is 32.1. The third-order valence-electron chi connectivity index (χ3n) is 3.96. The summed E-state index contributed by atoms with van der Waals surface area (Å²) in [5.41, 5.74) is 5.22. The maximum atomic E-state index is 12.6. The average molecular weight is 306 g/mol. The first-order chi connectivity index (χ1) is 10.8. The molecule has 0 atom stereocenters. The van der Waals surface area contributed by atoms with Gasteiger partial charge in [-0.1, -0.05) is 18.2 Å². The number of carbonyl (C=O) groups excluding carboxylic acids is 1. The second-order valence-electron chi connectivity index (χ2n) is 5.36.